The van der Waals surface area contributed by atoms with Crippen molar-refractivity contribution in [2.75, 3.05) is 6.54 Å². The van der Waals surface area contributed by atoms with E-state index in [-0.39, 0.29) is 0 Å². The van der Waals surface area contributed by atoms with Crippen LogP contribution in [0.1, 0.15) is 57.2 Å². The van der Waals surface area contributed by atoms with Crippen molar-refractivity contribution >= 4 is 27.3 Å². The van der Waals surface area contributed by atoms with Crippen LogP contribution in [0.25, 0.3) is 0 Å². The van der Waals surface area contributed by atoms with Crippen molar-refractivity contribution in [3.8, 4) is 0 Å². The van der Waals surface area contributed by atoms with Crippen molar-refractivity contribution in [2.24, 2.45) is 11.8 Å². The molecule has 1 aromatic heterocycles. The van der Waals surface area contributed by atoms with Gasteiger partial charge in [-0.2, -0.15) is 0 Å². The first-order valence-electron chi connectivity index (χ1n) is 8.20. The van der Waals surface area contributed by atoms with Gasteiger partial charge in [0.1, 0.15) is 0 Å². The Balaban J connectivity index is 1.98. The van der Waals surface area contributed by atoms with Crippen molar-refractivity contribution in [1.82, 2.24) is 5.32 Å². The van der Waals surface area contributed by atoms with E-state index in [1.807, 2.05) is 11.3 Å². The van der Waals surface area contributed by atoms with Crippen molar-refractivity contribution in [3.63, 3.8) is 0 Å². The maximum absolute atomic E-state index is 3.83. The third kappa shape index (κ3) is 4.85. The minimum absolute atomic E-state index is 0.676. The van der Waals surface area contributed by atoms with Crippen molar-refractivity contribution in [3.05, 3.63) is 20.8 Å². The van der Waals surface area contributed by atoms with Crippen LogP contribution in [-0.4, -0.2) is 12.6 Å². The molecule has 114 valence electrons. The van der Waals surface area contributed by atoms with Gasteiger partial charge < -0.3 is 5.32 Å². The summed E-state index contributed by atoms with van der Waals surface area (Å²) in [5.41, 5.74) is 0. The van der Waals surface area contributed by atoms with E-state index in [9.17, 15) is 0 Å². The average Bonchev–Trinajstić information content (AvgIpc) is 2.88. The van der Waals surface area contributed by atoms with Gasteiger partial charge in [0, 0.05) is 10.9 Å². The molecule has 0 aliphatic heterocycles. The molecule has 20 heavy (non-hydrogen) atoms. The smallest absolute Gasteiger partial charge is 0.0701 e. The zero-order valence-corrected chi connectivity index (χ0v) is 15.2. The highest BCUT2D eigenvalue weighted by atomic mass is 79.9. The first kappa shape index (κ1) is 16.5. The van der Waals surface area contributed by atoms with E-state index < -0.39 is 0 Å². The van der Waals surface area contributed by atoms with E-state index in [0.717, 1.165) is 18.4 Å². The second kappa shape index (κ2) is 8.55. The van der Waals surface area contributed by atoms with E-state index in [4.69, 9.17) is 0 Å². The molecule has 0 spiro atoms. The summed E-state index contributed by atoms with van der Waals surface area (Å²) in [6.07, 6.45) is 9.54. The minimum atomic E-state index is 0.676. The predicted octanol–water partition coefficient (Wildman–Crippen LogP) is 5.64. The molecule has 0 amide bonds. The van der Waals surface area contributed by atoms with Gasteiger partial charge in [-0.3, -0.25) is 0 Å². The first-order valence-corrected chi connectivity index (χ1v) is 9.81. The largest absolute Gasteiger partial charge is 0.313 e. The minimum Gasteiger partial charge on any atom is -0.313 e. The number of halogens is 1. The fourth-order valence-electron chi connectivity index (χ4n) is 3.48. The van der Waals surface area contributed by atoms with Gasteiger partial charge in [0.25, 0.3) is 0 Å². The lowest BCUT2D eigenvalue weighted by molar-refractivity contribution is 0.208. The maximum atomic E-state index is 3.83. The number of rotatable bonds is 7. The molecule has 1 heterocycles. The Morgan fingerprint density at radius 3 is 2.85 bits per heavy atom. The first-order chi connectivity index (χ1) is 9.72. The van der Waals surface area contributed by atoms with Gasteiger partial charge in [-0.15, -0.1) is 11.3 Å². The molecule has 3 unspecified atom stereocenters. The highest BCUT2D eigenvalue weighted by Gasteiger charge is 2.27. The van der Waals surface area contributed by atoms with Crippen LogP contribution in [0.4, 0.5) is 0 Å². The van der Waals surface area contributed by atoms with Crippen LogP contribution in [0.15, 0.2) is 15.9 Å². The lowest BCUT2D eigenvalue weighted by Gasteiger charge is -2.35. The third-order valence-electron chi connectivity index (χ3n) is 4.68. The van der Waals surface area contributed by atoms with E-state index in [0.29, 0.717) is 6.04 Å². The van der Waals surface area contributed by atoms with Gasteiger partial charge in [0.15, 0.2) is 0 Å². The molecule has 1 aromatic rings. The Morgan fingerprint density at radius 1 is 1.35 bits per heavy atom. The molecule has 0 bridgehead atoms. The van der Waals surface area contributed by atoms with Crippen LogP contribution < -0.4 is 5.32 Å². The molecule has 1 nitrogen and oxygen atoms in total. The Kier molecular flexibility index (Phi) is 7.06. The summed E-state index contributed by atoms with van der Waals surface area (Å²) in [5.74, 6) is 1.84. The lowest BCUT2D eigenvalue weighted by atomic mass is 9.76. The molecule has 0 aromatic carbocycles. The average molecular weight is 358 g/mol. The number of hydrogen-bond acceptors (Lipinski definition) is 2. The molecule has 2 rings (SSSR count). The predicted molar refractivity (Wildman–Crippen MR) is 93.5 cm³/mol. The van der Waals surface area contributed by atoms with E-state index >= 15 is 0 Å². The Morgan fingerprint density at radius 2 is 2.20 bits per heavy atom. The van der Waals surface area contributed by atoms with E-state index in [1.165, 1.54) is 53.6 Å². The van der Waals surface area contributed by atoms with E-state index in [1.54, 1.807) is 0 Å². The highest BCUT2D eigenvalue weighted by molar-refractivity contribution is 9.11. The van der Waals surface area contributed by atoms with Gasteiger partial charge >= 0.3 is 0 Å². The van der Waals surface area contributed by atoms with Gasteiger partial charge in [-0.1, -0.05) is 33.1 Å². The van der Waals surface area contributed by atoms with E-state index in [2.05, 4.69) is 47.2 Å². The molecule has 3 heteroatoms. The van der Waals surface area contributed by atoms with Gasteiger partial charge in [-0.05, 0) is 72.1 Å². The summed E-state index contributed by atoms with van der Waals surface area (Å²) < 4.78 is 1.26. The molecule has 3 atom stereocenters. The topological polar surface area (TPSA) is 12.0 Å². The van der Waals surface area contributed by atoms with Crippen LogP contribution in [-0.2, 0) is 6.42 Å². The number of hydrogen-bond donors (Lipinski definition) is 1. The summed E-state index contributed by atoms with van der Waals surface area (Å²) in [4.78, 5) is 1.52. The lowest BCUT2D eigenvalue weighted by Crippen LogP contribution is -2.40. The second-order valence-corrected chi connectivity index (χ2v) is 8.72. The molecule has 1 fully saturated rings. The highest BCUT2D eigenvalue weighted by Crippen LogP contribution is 2.34. The zero-order chi connectivity index (χ0) is 14.4. The third-order valence-corrected chi connectivity index (χ3v) is 6.32. The second-order valence-electron chi connectivity index (χ2n) is 6.17. The quantitative estimate of drug-likeness (QED) is 0.665. The van der Waals surface area contributed by atoms with Crippen molar-refractivity contribution in [1.29, 1.82) is 0 Å². The fraction of sp³-hybridized carbons (Fsp3) is 0.765. The van der Waals surface area contributed by atoms with Crippen LogP contribution in [0.5, 0.6) is 0 Å². The number of nitrogens with one attached hydrogen (secondary N) is 1. The molecular weight excluding hydrogens is 330 g/mol. The van der Waals surface area contributed by atoms with Gasteiger partial charge in [-0.25, -0.2) is 0 Å². The maximum Gasteiger partial charge on any atom is 0.0701 e. The van der Waals surface area contributed by atoms with Gasteiger partial charge in [0.2, 0.25) is 0 Å². The molecule has 1 N–H and O–H groups in total. The molecule has 0 saturated heterocycles. The molecule has 1 aliphatic rings. The summed E-state index contributed by atoms with van der Waals surface area (Å²) in [6.45, 7) is 5.78. The van der Waals surface area contributed by atoms with Crippen LogP contribution in [0.2, 0.25) is 0 Å². The number of thiophene rings is 1. The van der Waals surface area contributed by atoms with Crippen LogP contribution in [0.3, 0.4) is 0 Å². The molecule has 1 saturated carbocycles. The Hall–Kier alpha value is 0.140. The molecule has 0 radical (unpaired) electrons. The SMILES string of the molecule is CCCNC(Cc1ccc(Br)s1)C1CCCC(CC)C1. The monoisotopic (exact) mass is 357 g/mol. The summed E-state index contributed by atoms with van der Waals surface area (Å²) in [7, 11) is 0. The molecule has 1 aliphatic carbocycles. The Bertz CT molecular complexity index is 390. The normalized spacial score (nSPS) is 24.8. The van der Waals surface area contributed by atoms with Crippen LogP contribution in [0, 0.1) is 11.8 Å². The van der Waals surface area contributed by atoms with Crippen molar-refractivity contribution < 1.29 is 0 Å². The van der Waals surface area contributed by atoms with Gasteiger partial charge in [0.05, 0.1) is 3.79 Å². The summed E-state index contributed by atoms with van der Waals surface area (Å²) >= 11 is 5.49. The van der Waals surface area contributed by atoms with Crippen LogP contribution >= 0.6 is 27.3 Å². The fourth-order valence-corrected chi connectivity index (χ4v) is 5.02. The molecular formula is C17H28BrNS. The summed E-state index contributed by atoms with van der Waals surface area (Å²) in [6, 6.07) is 5.15. The zero-order valence-electron chi connectivity index (χ0n) is 12.8. The standard InChI is InChI=1S/C17H28BrNS/c1-3-10-19-16(12-15-8-9-17(18)20-15)14-7-5-6-13(4-2)11-14/h8-9,13-14,16,19H,3-7,10-12H2,1-2H3. The van der Waals surface area contributed by atoms with Crippen molar-refractivity contribution in [2.45, 2.75) is 64.8 Å². The summed E-state index contributed by atoms with van der Waals surface area (Å²) in [5, 5.41) is 3.83. The Labute approximate surface area is 136 Å².